The first-order valence-electron chi connectivity index (χ1n) is 11.2. The van der Waals surface area contributed by atoms with E-state index in [-0.39, 0.29) is 11.4 Å². The highest BCUT2D eigenvalue weighted by Crippen LogP contribution is 2.42. The van der Waals surface area contributed by atoms with Gasteiger partial charge in [0.15, 0.2) is 5.17 Å². The van der Waals surface area contributed by atoms with E-state index in [4.69, 9.17) is 11.6 Å². The number of thioether (sulfide) groups is 1. The Morgan fingerprint density at radius 2 is 1.85 bits per heavy atom. The molecule has 2 heterocycles. The van der Waals surface area contributed by atoms with E-state index in [2.05, 4.69) is 75.0 Å². The Hall–Kier alpha value is -2.50. The number of rotatable bonds is 3. The molecule has 0 saturated carbocycles. The van der Waals surface area contributed by atoms with Gasteiger partial charge in [0, 0.05) is 22.3 Å². The minimum Gasteiger partial charge on any atom is -0.360 e. The number of carbonyl (C=O) groups is 1. The maximum atomic E-state index is 12.7. The number of hydrogen-bond donors (Lipinski definition) is 1. The van der Waals surface area contributed by atoms with Gasteiger partial charge in [-0.1, -0.05) is 23.7 Å². The largest absolute Gasteiger partial charge is 0.360 e. The Kier molecular flexibility index (Phi) is 6.23. The summed E-state index contributed by atoms with van der Waals surface area (Å²) in [5.41, 5.74) is 7.61. The van der Waals surface area contributed by atoms with E-state index < -0.39 is 0 Å². The van der Waals surface area contributed by atoms with E-state index in [0.29, 0.717) is 21.1 Å². The lowest BCUT2D eigenvalue weighted by Crippen LogP contribution is -2.49. The van der Waals surface area contributed by atoms with Gasteiger partial charge in [-0.2, -0.15) is 0 Å². The van der Waals surface area contributed by atoms with Crippen molar-refractivity contribution in [3.63, 3.8) is 0 Å². The molecule has 33 heavy (non-hydrogen) atoms. The fraction of sp³-hybridized carbons (Fsp3) is 0.333. The predicted octanol–water partition coefficient (Wildman–Crippen LogP) is 7.26. The van der Waals surface area contributed by atoms with E-state index in [0.717, 1.165) is 22.4 Å². The number of hydrogen-bond acceptors (Lipinski definition) is 4. The Balaban J connectivity index is 1.70. The lowest BCUT2D eigenvalue weighted by molar-refractivity contribution is -0.115. The number of benzene rings is 2. The molecule has 0 bridgehead atoms. The van der Waals surface area contributed by atoms with Crippen molar-refractivity contribution in [1.29, 1.82) is 0 Å². The third-order valence-corrected chi connectivity index (χ3v) is 7.25. The number of amidine groups is 1. The molecule has 0 unspecified atom stereocenters. The van der Waals surface area contributed by atoms with E-state index in [9.17, 15) is 4.79 Å². The topological polar surface area (TPSA) is 44.7 Å². The van der Waals surface area contributed by atoms with Gasteiger partial charge in [0.1, 0.15) is 0 Å². The normalized spacial score (nSPS) is 19.8. The molecule has 0 aliphatic carbocycles. The number of fused-ring (bicyclic) bond motifs is 1. The van der Waals surface area contributed by atoms with Gasteiger partial charge in [-0.05, 0) is 113 Å². The van der Waals surface area contributed by atoms with Crippen molar-refractivity contribution in [2.75, 3.05) is 4.90 Å². The molecular weight excluding hydrogens is 450 g/mol. The molecule has 2 aromatic carbocycles. The molecule has 1 N–H and O–H groups in total. The van der Waals surface area contributed by atoms with Crippen LogP contribution in [0.15, 0.2) is 46.3 Å². The molecule has 2 aliphatic rings. The number of anilines is 1. The summed E-state index contributed by atoms with van der Waals surface area (Å²) in [6, 6.07) is 10.4. The van der Waals surface area contributed by atoms with Crippen molar-refractivity contribution >= 4 is 57.5 Å². The summed E-state index contributed by atoms with van der Waals surface area (Å²) in [6.45, 7) is 15.2. The quantitative estimate of drug-likeness (QED) is 0.471. The van der Waals surface area contributed by atoms with E-state index in [1.54, 1.807) is 0 Å². The van der Waals surface area contributed by atoms with Crippen LogP contribution in [0, 0.1) is 13.8 Å². The highest BCUT2D eigenvalue weighted by molar-refractivity contribution is 8.18. The molecule has 172 valence electrons. The number of carbonyl (C=O) groups excluding carboxylic acids is 1. The van der Waals surface area contributed by atoms with Gasteiger partial charge in [0.2, 0.25) is 0 Å². The molecule has 0 aromatic heterocycles. The van der Waals surface area contributed by atoms with Gasteiger partial charge in [-0.25, -0.2) is 4.99 Å². The van der Waals surface area contributed by atoms with Crippen molar-refractivity contribution in [2.45, 2.75) is 60.0 Å². The number of aryl methyl sites for hydroxylation is 2. The highest BCUT2D eigenvalue weighted by atomic mass is 35.5. The maximum Gasteiger partial charge on any atom is 0.264 e. The van der Waals surface area contributed by atoms with Gasteiger partial charge in [-0.3, -0.25) is 4.79 Å². The molecule has 4 nitrogen and oxygen atoms in total. The molecule has 2 aliphatic heterocycles. The van der Waals surface area contributed by atoms with Gasteiger partial charge in [0.05, 0.1) is 16.1 Å². The van der Waals surface area contributed by atoms with Crippen LogP contribution in [-0.4, -0.2) is 22.7 Å². The Labute approximate surface area is 205 Å². The second kappa shape index (κ2) is 8.69. The third-order valence-electron chi connectivity index (χ3n) is 6.11. The Morgan fingerprint density at radius 1 is 1.12 bits per heavy atom. The first kappa shape index (κ1) is 23.7. The summed E-state index contributed by atoms with van der Waals surface area (Å²) in [4.78, 5) is 20.4. The van der Waals surface area contributed by atoms with Crippen LogP contribution in [0.3, 0.4) is 0 Å². The van der Waals surface area contributed by atoms with Crippen molar-refractivity contribution in [2.24, 2.45) is 4.99 Å². The number of amides is 1. The van der Waals surface area contributed by atoms with Crippen LogP contribution in [0.5, 0.6) is 0 Å². The van der Waals surface area contributed by atoms with E-state index in [1.165, 1.54) is 28.6 Å². The van der Waals surface area contributed by atoms with E-state index >= 15 is 0 Å². The summed E-state index contributed by atoms with van der Waals surface area (Å²) in [7, 11) is 0. The van der Waals surface area contributed by atoms with Crippen molar-refractivity contribution in [3.05, 3.63) is 68.6 Å². The maximum absolute atomic E-state index is 12.7. The molecule has 0 spiro atoms. The third kappa shape index (κ3) is 4.62. The minimum absolute atomic E-state index is 0.0529. The number of halogens is 1. The van der Waals surface area contributed by atoms with Crippen LogP contribution in [0.4, 0.5) is 11.4 Å². The van der Waals surface area contributed by atoms with Crippen LogP contribution in [0.2, 0.25) is 5.02 Å². The molecule has 1 saturated heterocycles. The average molecular weight is 480 g/mol. The van der Waals surface area contributed by atoms with Crippen LogP contribution >= 0.6 is 23.4 Å². The SMILES string of the molecule is CC1=CC(C)(C)N(C(C)C)c2cc(C)c(/C=C3\SC(=Nc4cc(Cl)ccc4C)NC3=O)cc21. The van der Waals surface area contributed by atoms with Crippen LogP contribution < -0.4 is 10.2 Å². The summed E-state index contributed by atoms with van der Waals surface area (Å²) in [5, 5.41) is 4.07. The molecule has 2 aromatic rings. The first-order valence-corrected chi connectivity index (χ1v) is 12.4. The lowest BCUT2D eigenvalue weighted by Gasteiger charge is -2.46. The number of nitrogens with zero attached hydrogens (tertiary/aromatic N) is 2. The van der Waals surface area contributed by atoms with Crippen molar-refractivity contribution in [3.8, 4) is 0 Å². The molecule has 6 heteroatoms. The van der Waals surface area contributed by atoms with Gasteiger partial charge >= 0.3 is 0 Å². The minimum atomic E-state index is -0.132. The lowest BCUT2D eigenvalue weighted by atomic mass is 9.86. The molecule has 1 amide bonds. The summed E-state index contributed by atoms with van der Waals surface area (Å²) >= 11 is 7.48. The average Bonchev–Trinajstić information content (AvgIpc) is 3.03. The standard InChI is InChI=1S/C27H30ClN3OS/c1-15(2)31-23-10-17(4)19(11-21(23)18(5)14-27(31,6)7)12-24-25(32)30-26(33-24)29-22-13-20(28)9-8-16(22)3/h8-15H,1-7H3,(H,29,30,32)/b24-12-. The molecule has 0 atom stereocenters. The first-order chi connectivity index (χ1) is 15.5. The van der Waals surface area contributed by atoms with E-state index in [1.807, 2.05) is 31.2 Å². The summed E-state index contributed by atoms with van der Waals surface area (Å²) < 4.78 is 0. The van der Waals surface area contributed by atoms with Crippen LogP contribution in [0.1, 0.15) is 56.9 Å². The molecular formula is C27H30ClN3OS. The molecule has 4 rings (SSSR count). The molecule has 1 fully saturated rings. The fourth-order valence-corrected chi connectivity index (χ4v) is 5.74. The van der Waals surface area contributed by atoms with Crippen molar-refractivity contribution in [1.82, 2.24) is 5.32 Å². The fourth-order valence-electron chi connectivity index (χ4n) is 4.75. The van der Waals surface area contributed by atoms with Gasteiger partial charge in [-0.15, -0.1) is 0 Å². The smallest absolute Gasteiger partial charge is 0.264 e. The van der Waals surface area contributed by atoms with Crippen LogP contribution in [0.25, 0.3) is 11.6 Å². The number of aliphatic imine (C=N–C) groups is 1. The Morgan fingerprint density at radius 3 is 2.55 bits per heavy atom. The van der Waals surface area contributed by atoms with Crippen molar-refractivity contribution < 1.29 is 4.79 Å². The summed E-state index contributed by atoms with van der Waals surface area (Å²) in [5.74, 6) is -0.132. The zero-order chi connectivity index (χ0) is 24.1. The molecule has 0 radical (unpaired) electrons. The zero-order valence-electron chi connectivity index (χ0n) is 20.2. The monoisotopic (exact) mass is 479 g/mol. The Bertz CT molecular complexity index is 1240. The summed E-state index contributed by atoms with van der Waals surface area (Å²) in [6.07, 6.45) is 4.30. The highest BCUT2D eigenvalue weighted by Gasteiger charge is 2.33. The zero-order valence-corrected chi connectivity index (χ0v) is 21.8. The second-order valence-electron chi connectivity index (χ2n) is 9.58. The predicted molar refractivity (Wildman–Crippen MR) is 144 cm³/mol. The van der Waals surface area contributed by atoms with Crippen LogP contribution in [-0.2, 0) is 4.79 Å². The number of allylic oxidation sites excluding steroid dienone is 1. The van der Waals surface area contributed by atoms with Gasteiger partial charge in [0.25, 0.3) is 5.91 Å². The number of nitrogens with one attached hydrogen (secondary N) is 1. The second-order valence-corrected chi connectivity index (χ2v) is 11.1. The van der Waals surface area contributed by atoms with Gasteiger partial charge < -0.3 is 10.2 Å².